The molecule has 0 aromatic rings. The molecule has 16 nitrogen and oxygen atoms in total. The number of ether oxygens (including phenoxy) is 3. The van der Waals surface area contributed by atoms with Crippen LogP contribution in [0.3, 0.4) is 0 Å². The van der Waals surface area contributed by atoms with Gasteiger partial charge in [-0.2, -0.15) is 0 Å². The molecular weight excluding hydrogens is 1240 g/mol. The van der Waals surface area contributed by atoms with E-state index in [4.69, 9.17) is 32.3 Å². The van der Waals surface area contributed by atoms with Gasteiger partial charge in [-0.15, -0.1) is 0 Å². The van der Waals surface area contributed by atoms with Crippen LogP contribution in [0.15, 0.2) is 170 Å². The fraction of sp³-hybridized carbons (Fsp3) is 0.597. The van der Waals surface area contributed by atoms with Gasteiger partial charge < -0.3 is 34.2 Å². The Labute approximate surface area is 573 Å². The molecule has 4 N–H and O–H groups in total. The average molecular weight is 1370 g/mol. The van der Waals surface area contributed by atoms with E-state index in [1.807, 2.05) is 18.2 Å². The van der Waals surface area contributed by atoms with Crippen molar-refractivity contribution in [1.82, 2.24) is 0 Å². The number of esters is 3. The van der Waals surface area contributed by atoms with Crippen molar-refractivity contribution in [1.29, 1.82) is 0 Å². The van der Waals surface area contributed by atoms with Gasteiger partial charge in [-0.1, -0.05) is 249 Å². The van der Waals surface area contributed by atoms with Crippen LogP contribution in [-0.2, 0) is 55.8 Å². The Balaban J connectivity index is 4.82. The van der Waals surface area contributed by atoms with E-state index >= 15 is 0 Å². The van der Waals surface area contributed by atoms with E-state index in [0.29, 0.717) is 25.7 Å². The van der Waals surface area contributed by atoms with Crippen LogP contribution in [0.1, 0.15) is 239 Å². The minimum absolute atomic E-state index is 0.0341. The van der Waals surface area contributed by atoms with E-state index in [2.05, 4.69) is 173 Å². The number of carbonyl (C=O) groups is 3. The van der Waals surface area contributed by atoms with Crippen LogP contribution in [0.25, 0.3) is 0 Å². The first kappa shape index (κ1) is 89.9. The molecule has 0 radical (unpaired) electrons. The maximum atomic E-state index is 13.0. The number of aliphatic hydroxyl groups excluding tert-OH is 2. The average Bonchev–Trinajstić information content (AvgIpc) is 1.75. The third-order valence-corrected chi connectivity index (χ3v) is 15.8. The van der Waals surface area contributed by atoms with Crippen molar-refractivity contribution in [3.8, 4) is 0 Å². The quantitative estimate of drug-likeness (QED) is 0.0146. The minimum atomic E-state index is -4.96. The van der Waals surface area contributed by atoms with Crippen molar-refractivity contribution >= 4 is 33.6 Å². The summed E-state index contributed by atoms with van der Waals surface area (Å²) in [5.74, 6) is -1.72. The summed E-state index contributed by atoms with van der Waals surface area (Å²) in [4.78, 5) is 58.5. The van der Waals surface area contributed by atoms with E-state index in [1.165, 1.54) is 25.7 Å². The Morgan fingerprint density at radius 1 is 0.305 bits per heavy atom. The molecule has 5 unspecified atom stereocenters. The van der Waals surface area contributed by atoms with Gasteiger partial charge in [0.1, 0.15) is 25.4 Å². The molecule has 0 fully saturated rings. The van der Waals surface area contributed by atoms with E-state index in [0.717, 1.165) is 148 Å². The first-order valence-electron chi connectivity index (χ1n) is 35.4. The van der Waals surface area contributed by atoms with Gasteiger partial charge in [0, 0.05) is 19.3 Å². The molecule has 95 heavy (non-hydrogen) atoms. The zero-order chi connectivity index (χ0) is 69.5. The largest absolute Gasteiger partial charge is 0.472 e. The minimum Gasteiger partial charge on any atom is -0.463 e. The van der Waals surface area contributed by atoms with Crippen LogP contribution in [0, 0.1) is 0 Å². The van der Waals surface area contributed by atoms with Gasteiger partial charge in [0.25, 0.3) is 0 Å². The molecule has 0 saturated carbocycles. The van der Waals surface area contributed by atoms with Crippen LogP contribution in [0.2, 0.25) is 0 Å². The lowest BCUT2D eigenvalue weighted by molar-refractivity contribution is -0.161. The van der Waals surface area contributed by atoms with E-state index in [-0.39, 0.29) is 19.3 Å². The van der Waals surface area contributed by atoms with Crippen molar-refractivity contribution in [2.45, 2.75) is 257 Å². The fourth-order valence-electron chi connectivity index (χ4n) is 8.57. The normalized spacial score (nSPS) is 15.1. The second-order valence-corrected chi connectivity index (χ2v) is 25.8. The zero-order valence-corrected chi connectivity index (χ0v) is 60.1. The maximum absolute atomic E-state index is 13.0. The summed E-state index contributed by atoms with van der Waals surface area (Å²) in [6.45, 7) is 2.26. The first-order valence-corrected chi connectivity index (χ1v) is 38.4. The molecule has 0 heterocycles. The highest BCUT2D eigenvalue weighted by molar-refractivity contribution is 7.47. The number of hydrogen-bond donors (Lipinski definition) is 4. The molecule has 0 amide bonds. The number of rotatable bonds is 65. The lowest BCUT2D eigenvalue weighted by atomic mass is 10.1. The number of aliphatic hydroxyl groups is 2. The summed E-state index contributed by atoms with van der Waals surface area (Å²) in [6.07, 6.45) is 85.5. The van der Waals surface area contributed by atoms with Crippen molar-refractivity contribution in [2.24, 2.45) is 0 Å². The van der Waals surface area contributed by atoms with E-state index < -0.39 is 91.5 Å². The molecule has 0 spiro atoms. The summed E-state index contributed by atoms with van der Waals surface area (Å²) >= 11 is 0. The smallest absolute Gasteiger partial charge is 0.463 e. The molecule has 5 atom stereocenters. The summed E-state index contributed by atoms with van der Waals surface area (Å²) in [7, 11) is -9.83. The third-order valence-electron chi connectivity index (χ3n) is 13.9. The van der Waals surface area contributed by atoms with Gasteiger partial charge in [-0.05, 0) is 141 Å². The number of phosphoric ester groups is 2. The number of hydrogen-bond acceptors (Lipinski definition) is 14. The Hall–Kier alpha value is -5.09. The zero-order valence-electron chi connectivity index (χ0n) is 58.3. The third kappa shape index (κ3) is 70.1. The number of carbonyl (C=O) groups excluding carboxylic acids is 3. The van der Waals surface area contributed by atoms with Crippen molar-refractivity contribution < 1.29 is 75.8 Å². The van der Waals surface area contributed by atoms with Gasteiger partial charge in [0.15, 0.2) is 6.10 Å². The van der Waals surface area contributed by atoms with E-state index in [1.54, 1.807) is 0 Å². The van der Waals surface area contributed by atoms with Crippen LogP contribution < -0.4 is 0 Å². The van der Waals surface area contributed by atoms with Crippen LogP contribution in [0.5, 0.6) is 0 Å². The molecule has 0 aliphatic rings. The van der Waals surface area contributed by atoms with E-state index in [9.17, 15) is 43.5 Å². The number of phosphoric acid groups is 2. The summed E-state index contributed by atoms with van der Waals surface area (Å²) < 4.78 is 60.9. The highest BCUT2D eigenvalue weighted by atomic mass is 31.2. The fourth-order valence-corrected chi connectivity index (χ4v) is 10.2. The molecule has 0 aliphatic heterocycles. The van der Waals surface area contributed by atoms with Gasteiger partial charge in [-0.3, -0.25) is 32.5 Å². The van der Waals surface area contributed by atoms with Gasteiger partial charge in [0.2, 0.25) is 0 Å². The molecule has 0 aromatic heterocycles. The summed E-state index contributed by atoms with van der Waals surface area (Å²) in [6, 6.07) is 0. The predicted molar refractivity (Wildman–Crippen MR) is 389 cm³/mol. The summed E-state index contributed by atoms with van der Waals surface area (Å²) in [5.41, 5.74) is 0. The maximum Gasteiger partial charge on any atom is 0.472 e. The van der Waals surface area contributed by atoms with Gasteiger partial charge in [-0.25, -0.2) is 9.13 Å². The second kappa shape index (κ2) is 68.8. The SMILES string of the molecule is CC/C=C\C/C=C\C/C=C\C/C=C\C/C=C\C/C=C\CCC(=O)OCC(COP(=O)(O)OCC(O)COP(=O)(O)OCC(O)COC(=O)CCCCCCC/C=C\C/C=C\C/C=C\C/C=C\CCCCC)OC(=O)CCCCCCCC/C=C\C/C=C\C/C=C\C/C=C\CC. The topological polar surface area (TPSA) is 231 Å². The highest BCUT2D eigenvalue weighted by Crippen LogP contribution is 2.45. The van der Waals surface area contributed by atoms with Gasteiger partial charge >= 0.3 is 33.6 Å². The van der Waals surface area contributed by atoms with Crippen LogP contribution >= 0.6 is 15.6 Å². The number of unbranched alkanes of at least 4 members (excludes halogenated alkanes) is 14. The van der Waals surface area contributed by atoms with Crippen molar-refractivity contribution in [3.05, 3.63) is 170 Å². The van der Waals surface area contributed by atoms with Crippen molar-refractivity contribution in [2.75, 3.05) is 39.6 Å². The summed E-state index contributed by atoms with van der Waals surface area (Å²) in [5, 5.41) is 20.6. The molecule has 18 heteroatoms. The molecule has 0 bridgehead atoms. The Morgan fingerprint density at radius 3 is 0.947 bits per heavy atom. The van der Waals surface area contributed by atoms with Gasteiger partial charge in [0.05, 0.1) is 26.4 Å². The predicted octanol–water partition coefficient (Wildman–Crippen LogP) is 20.1. The lowest BCUT2D eigenvalue weighted by Crippen LogP contribution is -2.30. The standard InChI is InChI=1S/C77H124O16P2/c1-4-7-10-13-16-19-22-25-28-31-34-35-38-40-42-45-48-51-54-57-60-63-75(80)87-66-72(78)67-89-94(83,84)90-68-73(79)69-91-95(85,86)92-71-74(93-77(82)65-62-59-56-53-50-47-44-41-37-33-30-27-24-21-18-15-12-9-6-3)70-88-76(81)64-61-58-55-52-49-46-43-39-36-32-29-26-23-20-17-14-11-8-5-2/h8-9,11-12,16-21,25-30,34-37,39-42,46,49,55,58,72-74,78-79H,4-7,10,13-15,22-24,31-33,38,43-45,47-48,50-54,56-57,59-71H2,1-3H3,(H,83,84)(H,85,86)/b11-8-,12-9-,19-16-,20-17-,21-18-,28-25-,29-26-,30-27-,35-34-,39-36-,41-37-,42-40-,49-46-,58-55-. The highest BCUT2D eigenvalue weighted by Gasteiger charge is 2.29. The molecular formula is C77H124O16P2. The number of allylic oxidation sites excluding steroid dienone is 28. The molecule has 0 aliphatic carbocycles. The first-order chi connectivity index (χ1) is 46.2. The van der Waals surface area contributed by atoms with Crippen LogP contribution in [0.4, 0.5) is 0 Å². The molecule has 0 rings (SSSR count). The molecule has 0 saturated heterocycles. The molecule has 538 valence electrons. The lowest BCUT2D eigenvalue weighted by Gasteiger charge is -2.21. The molecule has 0 aromatic carbocycles. The Morgan fingerprint density at radius 2 is 0.579 bits per heavy atom. The Bertz CT molecular complexity index is 2410. The monoisotopic (exact) mass is 1370 g/mol. The van der Waals surface area contributed by atoms with Crippen molar-refractivity contribution in [3.63, 3.8) is 0 Å². The van der Waals surface area contributed by atoms with Crippen LogP contribution in [-0.4, -0.2) is 95.9 Å². The second-order valence-electron chi connectivity index (χ2n) is 22.9. The Kier molecular flexibility index (Phi) is 65.1.